The molecule has 1 aliphatic heterocycles. The van der Waals surface area contributed by atoms with Crippen molar-refractivity contribution in [1.82, 2.24) is 20.4 Å². The van der Waals surface area contributed by atoms with E-state index in [1.165, 1.54) is 4.90 Å². The summed E-state index contributed by atoms with van der Waals surface area (Å²) in [6.45, 7) is -0.0976. The molecule has 0 spiro atoms. The first-order chi connectivity index (χ1) is 16.3. The monoisotopic (exact) mass is 508 g/mol. The zero-order chi connectivity index (χ0) is 24.8. The fourth-order valence-corrected chi connectivity index (χ4v) is 7.17. The molecular weight excluding hydrogens is 482 g/mol. The number of aromatic nitrogens is 2. The molecule has 3 atom stereocenters. The van der Waals surface area contributed by atoms with E-state index in [4.69, 9.17) is 4.42 Å². The van der Waals surface area contributed by atoms with E-state index in [0.717, 1.165) is 0 Å². The maximum Gasteiger partial charge on any atom is 0.522 e. The fraction of sp³-hybridized carbons (Fsp3) is 0.864. The van der Waals surface area contributed by atoms with Crippen molar-refractivity contribution in [2.24, 2.45) is 17.8 Å². The van der Waals surface area contributed by atoms with Crippen LogP contribution in [0, 0.1) is 17.8 Å². The number of likely N-dealkylation sites (tertiary alicyclic amines) is 1. The van der Waals surface area contributed by atoms with Crippen LogP contribution in [0.15, 0.2) is 4.42 Å². The molecule has 0 unspecified atom stereocenters. The number of alkyl halides is 6. The van der Waals surface area contributed by atoms with Crippen molar-refractivity contribution < 1.29 is 40.3 Å². The van der Waals surface area contributed by atoms with E-state index >= 15 is 0 Å². The minimum Gasteiger partial charge on any atom is -0.424 e. The predicted octanol–water partition coefficient (Wildman–Crippen LogP) is 3.66. The summed E-state index contributed by atoms with van der Waals surface area (Å²) in [5, 5.41) is 11.3. The SMILES string of the molecule is O=C(NC12CC(c3nnc(C4CC(OC(F)(F)F)C4)o3)(C1)C2)[C@H]1C[C@@H]2CN(CC(F)(F)F)C[C@@H]2C1. The van der Waals surface area contributed by atoms with Gasteiger partial charge in [0.25, 0.3) is 0 Å². The Balaban J connectivity index is 0.962. The van der Waals surface area contributed by atoms with Gasteiger partial charge in [-0.25, -0.2) is 0 Å². The summed E-state index contributed by atoms with van der Waals surface area (Å²) >= 11 is 0. The number of fused-ring (bicyclic) bond motifs is 1. The highest BCUT2D eigenvalue weighted by Gasteiger charge is 2.72. The van der Waals surface area contributed by atoms with Gasteiger partial charge in [0.15, 0.2) is 0 Å². The van der Waals surface area contributed by atoms with Crippen molar-refractivity contribution in [3.05, 3.63) is 11.8 Å². The highest BCUT2D eigenvalue weighted by molar-refractivity contribution is 5.80. The van der Waals surface area contributed by atoms with E-state index in [1.54, 1.807) is 0 Å². The smallest absolute Gasteiger partial charge is 0.424 e. The van der Waals surface area contributed by atoms with Crippen LogP contribution in [0.4, 0.5) is 26.3 Å². The molecule has 1 amide bonds. The highest BCUT2D eigenvalue weighted by Crippen LogP contribution is 2.67. The maximum atomic E-state index is 12.9. The average molecular weight is 508 g/mol. The molecule has 0 radical (unpaired) electrons. The lowest BCUT2D eigenvalue weighted by Crippen LogP contribution is -2.77. The number of halogens is 6. The molecule has 5 aliphatic carbocycles. The Morgan fingerprint density at radius 3 is 2.23 bits per heavy atom. The van der Waals surface area contributed by atoms with Crippen molar-refractivity contribution in [1.29, 1.82) is 0 Å². The van der Waals surface area contributed by atoms with Gasteiger partial charge in [-0.2, -0.15) is 13.2 Å². The fourth-order valence-electron chi connectivity index (χ4n) is 7.17. The van der Waals surface area contributed by atoms with Gasteiger partial charge in [0.1, 0.15) is 0 Å². The summed E-state index contributed by atoms with van der Waals surface area (Å²) < 4.78 is 84.6. The summed E-state index contributed by atoms with van der Waals surface area (Å²) in [5.41, 5.74) is -0.581. The Morgan fingerprint density at radius 1 is 1.03 bits per heavy atom. The van der Waals surface area contributed by atoms with Crippen LogP contribution in [-0.4, -0.2) is 64.8 Å². The van der Waals surface area contributed by atoms with Crippen molar-refractivity contribution in [2.45, 2.75) is 80.5 Å². The van der Waals surface area contributed by atoms with Crippen LogP contribution in [0.2, 0.25) is 0 Å². The Labute approximate surface area is 196 Å². The normalized spacial score (nSPS) is 40.6. The molecule has 13 heteroatoms. The van der Waals surface area contributed by atoms with Crippen molar-refractivity contribution in [3.8, 4) is 0 Å². The first kappa shape index (κ1) is 23.5. The van der Waals surface area contributed by atoms with Gasteiger partial charge in [-0.1, -0.05) is 0 Å². The minimum absolute atomic E-state index is 0.0218. The predicted molar refractivity (Wildman–Crippen MR) is 106 cm³/mol. The quantitative estimate of drug-likeness (QED) is 0.591. The van der Waals surface area contributed by atoms with Crippen molar-refractivity contribution in [3.63, 3.8) is 0 Å². The number of ether oxygens (including phenoxy) is 1. The molecule has 7 rings (SSSR count). The third-order valence-electron chi connectivity index (χ3n) is 8.66. The lowest BCUT2D eigenvalue weighted by Gasteiger charge is -2.68. The Morgan fingerprint density at radius 2 is 1.66 bits per heavy atom. The number of hydrogen-bond donors (Lipinski definition) is 1. The first-order valence-corrected chi connectivity index (χ1v) is 12.0. The number of nitrogens with one attached hydrogen (secondary N) is 1. The van der Waals surface area contributed by atoms with Gasteiger partial charge in [-0.15, -0.1) is 23.4 Å². The van der Waals surface area contributed by atoms with E-state index in [1.807, 2.05) is 0 Å². The largest absolute Gasteiger partial charge is 0.522 e. The van der Waals surface area contributed by atoms with Crippen LogP contribution in [0.3, 0.4) is 0 Å². The molecule has 1 saturated heterocycles. The van der Waals surface area contributed by atoms with Gasteiger partial charge in [-0.05, 0) is 56.8 Å². The standard InChI is InChI=1S/C22H26F6N4O3/c23-21(24,25)10-32-5-13-1-11(2-14(13)6-32)16(33)29-20-7-19(8-20,9-20)18-31-30-17(34-18)12-3-15(4-12)35-22(26,27)28/h11-15H,1-10H2,(H,29,33)/t11-,12?,13+,14-,15?,19?,20?. The molecule has 2 heterocycles. The van der Waals surface area contributed by atoms with Crippen LogP contribution < -0.4 is 5.32 Å². The van der Waals surface area contributed by atoms with Crippen molar-refractivity contribution in [2.75, 3.05) is 19.6 Å². The lowest BCUT2D eigenvalue weighted by atomic mass is 9.39. The summed E-state index contributed by atoms with van der Waals surface area (Å²) in [7, 11) is 0. The number of nitrogens with zero attached hydrogens (tertiary/aromatic N) is 3. The topological polar surface area (TPSA) is 80.5 Å². The van der Waals surface area contributed by atoms with E-state index < -0.39 is 25.2 Å². The molecule has 0 aromatic carbocycles. The van der Waals surface area contributed by atoms with E-state index in [9.17, 15) is 31.1 Å². The molecule has 2 bridgehead atoms. The molecule has 6 fully saturated rings. The summed E-state index contributed by atoms with van der Waals surface area (Å²) in [6.07, 6.45) is -6.08. The molecule has 7 nitrogen and oxygen atoms in total. The van der Waals surface area contributed by atoms with Crippen LogP contribution in [0.25, 0.3) is 0 Å². The number of rotatable bonds is 6. The second kappa shape index (κ2) is 7.56. The minimum atomic E-state index is -4.65. The zero-order valence-corrected chi connectivity index (χ0v) is 18.8. The summed E-state index contributed by atoms with van der Waals surface area (Å²) in [6, 6.07) is 0. The van der Waals surface area contributed by atoms with Crippen LogP contribution >= 0.6 is 0 Å². The zero-order valence-electron chi connectivity index (χ0n) is 18.8. The summed E-state index contributed by atoms with van der Waals surface area (Å²) in [4.78, 5) is 14.3. The van der Waals surface area contributed by atoms with Gasteiger partial charge < -0.3 is 9.73 Å². The van der Waals surface area contributed by atoms with Gasteiger partial charge in [-0.3, -0.25) is 14.4 Å². The molecule has 1 N–H and O–H groups in total. The van der Waals surface area contributed by atoms with Crippen molar-refractivity contribution >= 4 is 5.91 Å². The van der Waals surface area contributed by atoms with Crippen LogP contribution in [0.5, 0.6) is 0 Å². The van der Waals surface area contributed by atoms with Gasteiger partial charge >= 0.3 is 12.5 Å². The van der Waals surface area contributed by atoms with E-state index in [2.05, 4.69) is 20.3 Å². The van der Waals surface area contributed by atoms with Crippen LogP contribution in [0.1, 0.15) is 62.6 Å². The molecule has 1 aromatic rings. The second-order valence-electron chi connectivity index (χ2n) is 11.4. The van der Waals surface area contributed by atoms with Gasteiger partial charge in [0, 0.05) is 30.5 Å². The molecular formula is C22H26F6N4O3. The number of carbonyl (C=O) groups is 1. The average Bonchev–Trinajstić information content (AvgIpc) is 3.32. The number of hydrogen-bond acceptors (Lipinski definition) is 6. The molecule has 6 aliphatic rings. The van der Waals surface area contributed by atoms with Crippen LogP contribution in [-0.2, 0) is 14.9 Å². The number of amides is 1. The van der Waals surface area contributed by atoms with E-state index in [0.29, 0.717) is 57.0 Å². The van der Waals surface area contributed by atoms with E-state index in [-0.39, 0.29) is 53.4 Å². The lowest BCUT2D eigenvalue weighted by molar-refractivity contribution is -0.352. The summed E-state index contributed by atoms with van der Waals surface area (Å²) in [5.74, 6) is 0.660. The van der Waals surface area contributed by atoms with Gasteiger partial charge in [0.05, 0.1) is 18.1 Å². The molecule has 35 heavy (non-hydrogen) atoms. The maximum absolute atomic E-state index is 12.9. The first-order valence-electron chi connectivity index (χ1n) is 12.0. The molecule has 5 saturated carbocycles. The highest BCUT2D eigenvalue weighted by atomic mass is 19.4. The molecule has 194 valence electrons. The number of carbonyl (C=O) groups excluding carboxylic acids is 1. The molecule has 1 aromatic heterocycles. The Hall–Kier alpha value is -1.89. The Kier molecular flexibility index (Phi) is 5.08. The second-order valence-corrected chi connectivity index (χ2v) is 11.4. The Bertz CT molecular complexity index is 970. The third kappa shape index (κ3) is 4.32. The third-order valence-corrected chi connectivity index (χ3v) is 8.66. The van der Waals surface area contributed by atoms with Gasteiger partial charge in [0.2, 0.25) is 17.7 Å².